The predicted molar refractivity (Wildman–Crippen MR) is 85.1 cm³/mol. The third-order valence-corrected chi connectivity index (χ3v) is 5.57. The fourth-order valence-corrected chi connectivity index (χ4v) is 4.38. The summed E-state index contributed by atoms with van der Waals surface area (Å²) in [4.78, 5) is 12.9. The summed E-state index contributed by atoms with van der Waals surface area (Å²) in [5.41, 5.74) is 0.657. The summed E-state index contributed by atoms with van der Waals surface area (Å²) in [7, 11) is 1.61. The Hall–Kier alpha value is -1.02. The summed E-state index contributed by atoms with van der Waals surface area (Å²) < 4.78 is 5.34. The van der Waals surface area contributed by atoms with Crippen molar-refractivity contribution >= 4 is 17.4 Å². The highest BCUT2D eigenvalue weighted by Gasteiger charge is 2.35. The van der Waals surface area contributed by atoms with Gasteiger partial charge in [-0.25, -0.2) is 0 Å². The zero-order chi connectivity index (χ0) is 14.8. The first-order chi connectivity index (χ1) is 10.2. The first-order valence-electron chi connectivity index (χ1n) is 8.07. The molecule has 2 saturated carbocycles. The number of ketones is 1. The molecule has 0 aliphatic heterocycles. The quantitative estimate of drug-likeness (QED) is 0.723. The molecule has 0 aromatic heterocycles. The zero-order valence-electron chi connectivity index (χ0n) is 12.6. The molecule has 0 spiro atoms. The summed E-state index contributed by atoms with van der Waals surface area (Å²) >= 11 is 6.06. The van der Waals surface area contributed by atoms with Crippen LogP contribution in [-0.4, -0.2) is 12.9 Å². The topological polar surface area (TPSA) is 26.3 Å². The molecule has 1 aromatic carbocycles. The average molecular weight is 307 g/mol. The third kappa shape index (κ3) is 3.11. The molecule has 2 aliphatic rings. The van der Waals surface area contributed by atoms with Gasteiger partial charge in [-0.15, -0.1) is 0 Å². The molecule has 0 saturated heterocycles. The van der Waals surface area contributed by atoms with Crippen molar-refractivity contribution in [1.82, 2.24) is 0 Å². The van der Waals surface area contributed by atoms with Crippen molar-refractivity contribution in [3.8, 4) is 5.75 Å². The van der Waals surface area contributed by atoms with Crippen LogP contribution in [0.1, 0.15) is 55.3 Å². The molecule has 3 heteroatoms. The number of halogens is 1. The fourth-order valence-electron chi connectivity index (χ4n) is 4.20. The molecule has 3 atom stereocenters. The van der Waals surface area contributed by atoms with E-state index >= 15 is 0 Å². The number of ether oxygens (including phenoxy) is 1. The van der Waals surface area contributed by atoms with Gasteiger partial charge in [0.1, 0.15) is 5.75 Å². The zero-order valence-corrected chi connectivity index (χ0v) is 13.4. The molecule has 114 valence electrons. The van der Waals surface area contributed by atoms with Crippen LogP contribution in [0.4, 0.5) is 0 Å². The van der Waals surface area contributed by atoms with Crippen LogP contribution in [0.25, 0.3) is 0 Å². The van der Waals surface area contributed by atoms with Gasteiger partial charge in [0, 0.05) is 10.9 Å². The standard InChI is InChI=1S/C18H23ClO2/c1-21-17-9-8-15(19)11-16(17)18(20)14-7-6-12-4-2-3-5-13(12)10-14/h8-9,11-14H,2-7,10H2,1H3. The maximum absolute atomic E-state index is 12.9. The summed E-state index contributed by atoms with van der Waals surface area (Å²) in [6.07, 6.45) is 8.68. The van der Waals surface area contributed by atoms with Crippen molar-refractivity contribution in [2.24, 2.45) is 17.8 Å². The number of hydrogen-bond acceptors (Lipinski definition) is 2. The maximum Gasteiger partial charge on any atom is 0.169 e. The van der Waals surface area contributed by atoms with Crippen LogP contribution in [0.3, 0.4) is 0 Å². The molecule has 0 N–H and O–H groups in total. The molecule has 3 unspecified atom stereocenters. The van der Waals surface area contributed by atoms with E-state index in [0.717, 1.165) is 24.7 Å². The van der Waals surface area contributed by atoms with E-state index in [1.54, 1.807) is 25.3 Å². The van der Waals surface area contributed by atoms with Gasteiger partial charge in [0.15, 0.2) is 5.78 Å². The van der Waals surface area contributed by atoms with Gasteiger partial charge in [-0.3, -0.25) is 4.79 Å². The lowest BCUT2D eigenvalue weighted by molar-refractivity contribution is 0.0760. The normalized spacial score (nSPS) is 28.8. The van der Waals surface area contributed by atoms with Crippen molar-refractivity contribution in [1.29, 1.82) is 0 Å². The van der Waals surface area contributed by atoms with Crippen LogP contribution in [0.5, 0.6) is 5.75 Å². The van der Waals surface area contributed by atoms with E-state index in [2.05, 4.69) is 0 Å². The lowest BCUT2D eigenvalue weighted by Gasteiger charge is -2.38. The van der Waals surface area contributed by atoms with Crippen molar-refractivity contribution in [2.75, 3.05) is 7.11 Å². The minimum Gasteiger partial charge on any atom is -0.496 e. The van der Waals surface area contributed by atoms with Gasteiger partial charge in [0.25, 0.3) is 0 Å². The van der Waals surface area contributed by atoms with E-state index in [1.165, 1.54) is 32.1 Å². The molecule has 3 rings (SSSR count). The lowest BCUT2D eigenvalue weighted by Crippen LogP contribution is -2.31. The number of carbonyl (C=O) groups excluding carboxylic acids is 1. The molecule has 1 aromatic rings. The number of methoxy groups -OCH3 is 1. The van der Waals surface area contributed by atoms with Gasteiger partial charge in [-0.1, -0.05) is 37.3 Å². The number of benzene rings is 1. The second kappa shape index (κ2) is 6.39. The fraction of sp³-hybridized carbons (Fsp3) is 0.611. The SMILES string of the molecule is COc1ccc(Cl)cc1C(=O)C1CCC2CCCCC2C1. The molecule has 2 aliphatic carbocycles. The monoisotopic (exact) mass is 306 g/mol. The van der Waals surface area contributed by atoms with Gasteiger partial charge in [0.2, 0.25) is 0 Å². The van der Waals surface area contributed by atoms with Gasteiger partial charge in [-0.05, 0) is 49.3 Å². The minimum absolute atomic E-state index is 0.150. The molecule has 2 nitrogen and oxygen atoms in total. The number of carbonyl (C=O) groups is 1. The Labute approximate surface area is 131 Å². The largest absolute Gasteiger partial charge is 0.496 e. The van der Waals surface area contributed by atoms with Gasteiger partial charge >= 0.3 is 0 Å². The minimum atomic E-state index is 0.150. The van der Waals surface area contributed by atoms with Crippen molar-refractivity contribution < 1.29 is 9.53 Å². The predicted octanol–water partition coefficient (Wildman–Crippen LogP) is 5.14. The Morgan fingerprint density at radius 1 is 1.14 bits per heavy atom. The molecule has 0 amide bonds. The first-order valence-corrected chi connectivity index (χ1v) is 8.44. The Balaban J connectivity index is 1.77. The van der Waals surface area contributed by atoms with Crippen molar-refractivity contribution in [3.63, 3.8) is 0 Å². The van der Waals surface area contributed by atoms with Gasteiger partial charge < -0.3 is 4.74 Å². The Bertz CT molecular complexity index is 526. The Morgan fingerprint density at radius 3 is 2.67 bits per heavy atom. The van der Waals surface area contributed by atoms with Crippen LogP contribution in [0.2, 0.25) is 5.02 Å². The molecule has 0 bridgehead atoms. The summed E-state index contributed by atoms with van der Waals surface area (Å²) in [6, 6.07) is 5.33. The van der Waals surface area contributed by atoms with Crippen LogP contribution in [0.15, 0.2) is 18.2 Å². The molecule has 21 heavy (non-hydrogen) atoms. The molecule has 0 heterocycles. The number of fused-ring (bicyclic) bond motifs is 1. The van der Waals surface area contributed by atoms with Crippen LogP contribution in [-0.2, 0) is 0 Å². The summed E-state index contributed by atoms with van der Waals surface area (Å²) in [6.45, 7) is 0. The highest BCUT2D eigenvalue weighted by molar-refractivity contribution is 6.31. The Morgan fingerprint density at radius 2 is 1.90 bits per heavy atom. The van der Waals surface area contributed by atoms with E-state index in [0.29, 0.717) is 16.3 Å². The summed E-state index contributed by atoms with van der Waals surface area (Å²) in [5.74, 6) is 2.64. The van der Waals surface area contributed by atoms with Crippen molar-refractivity contribution in [3.05, 3.63) is 28.8 Å². The van der Waals surface area contributed by atoms with E-state index in [-0.39, 0.29) is 11.7 Å². The van der Waals surface area contributed by atoms with Crippen molar-refractivity contribution in [2.45, 2.75) is 44.9 Å². The van der Waals surface area contributed by atoms with Gasteiger partial charge in [0.05, 0.1) is 12.7 Å². The Kier molecular flexibility index (Phi) is 4.54. The maximum atomic E-state index is 12.9. The van der Waals surface area contributed by atoms with E-state index in [9.17, 15) is 4.79 Å². The highest BCUT2D eigenvalue weighted by atomic mass is 35.5. The second-order valence-corrected chi connectivity index (χ2v) is 6.96. The van der Waals surface area contributed by atoms with Crippen LogP contribution < -0.4 is 4.74 Å². The van der Waals surface area contributed by atoms with Crippen LogP contribution >= 0.6 is 11.6 Å². The molecular weight excluding hydrogens is 284 g/mol. The van der Waals surface area contributed by atoms with Crippen LogP contribution in [0, 0.1) is 17.8 Å². The molecule has 2 fully saturated rings. The highest BCUT2D eigenvalue weighted by Crippen LogP contribution is 2.44. The second-order valence-electron chi connectivity index (χ2n) is 6.52. The van der Waals surface area contributed by atoms with Gasteiger partial charge in [-0.2, -0.15) is 0 Å². The summed E-state index contributed by atoms with van der Waals surface area (Å²) in [5, 5.41) is 0.602. The lowest BCUT2D eigenvalue weighted by atomic mass is 9.66. The molecule has 0 radical (unpaired) electrons. The first kappa shape index (κ1) is 14.9. The average Bonchev–Trinajstić information content (AvgIpc) is 2.53. The van der Waals surface area contributed by atoms with E-state index < -0.39 is 0 Å². The number of rotatable bonds is 3. The molecular formula is C18H23ClO2. The van der Waals surface area contributed by atoms with E-state index in [1.807, 2.05) is 0 Å². The smallest absolute Gasteiger partial charge is 0.169 e. The third-order valence-electron chi connectivity index (χ3n) is 5.34. The number of Topliss-reactive ketones (excluding diaryl/α,β-unsaturated/α-hetero) is 1. The van der Waals surface area contributed by atoms with E-state index in [4.69, 9.17) is 16.3 Å². The number of hydrogen-bond donors (Lipinski definition) is 0.